The lowest BCUT2D eigenvalue weighted by molar-refractivity contribution is -0.137. The van der Waals surface area contributed by atoms with Gasteiger partial charge in [-0.3, -0.25) is 4.79 Å². The Bertz CT molecular complexity index is 944. The maximum Gasteiger partial charge on any atom is 0.416 e. The Kier molecular flexibility index (Phi) is 5.94. The Morgan fingerprint density at radius 1 is 0.929 bits per heavy atom. The van der Waals surface area contributed by atoms with Crippen molar-refractivity contribution in [2.24, 2.45) is 0 Å². The second kappa shape index (κ2) is 8.39. The summed E-state index contributed by atoms with van der Waals surface area (Å²) in [4.78, 5) is 13.7. The molecule has 0 fully saturated rings. The van der Waals surface area contributed by atoms with Gasteiger partial charge in [0.05, 0.1) is 5.56 Å². The zero-order chi connectivity index (χ0) is 20.1. The summed E-state index contributed by atoms with van der Waals surface area (Å²) < 4.78 is 38.8. The largest absolute Gasteiger partial charge is 0.416 e. The zero-order valence-electron chi connectivity index (χ0n) is 14.6. The maximum absolute atomic E-state index is 12.9. The third kappa shape index (κ3) is 5.07. The van der Waals surface area contributed by atoms with Crippen molar-refractivity contribution >= 4 is 29.0 Å². The fourth-order valence-corrected chi connectivity index (χ4v) is 3.59. The van der Waals surface area contributed by atoms with Crippen molar-refractivity contribution in [2.45, 2.75) is 16.3 Å². The number of rotatable bonds is 5. The predicted octanol–water partition coefficient (Wildman–Crippen LogP) is 5.76. The third-order valence-corrected chi connectivity index (χ3v) is 5.20. The number of alkyl halides is 3. The molecule has 3 N–H and O–H groups in total. The Labute approximate surface area is 164 Å². The Balaban J connectivity index is 1.86. The van der Waals surface area contributed by atoms with Gasteiger partial charge in [-0.05, 0) is 48.0 Å². The molecule has 0 saturated heterocycles. The van der Waals surface area contributed by atoms with Crippen LogP contribution in [-0.4, -0.2) is 5.91 Å². The minimum atomic E-state index is -4.47. The smallest absolute Gasteiger partial charge is 0.399 e. The van der Waals surface area contributed by atoms with Crippen molar-refractivity contribution in [3.05, 3.63) is 90.0 Å². The number of nitrogens with one attached hydrogen (secondary N) is 1. The van der Waals surface area contributed by atoms with Gasteiger partial charge in [-0.15, -0.1) is 11.8 Å². The Morgan fingerprint density at radius 2 is 1.61 bits per heavy atom. The fraction of sp³-hybridized carbons (Fsp3) is 0.0952. The van der Waals surface area contributed by atoms with E-state index in [1.807, 2.05) is 18.2 Å². The lowest BCUT2D eigenvalue weighted by Crippen LogP contribution is -2.19. The van der Waals surface area contributed by atoms with Crippen LogP contribution < -0.4 is 11.1 Å². The quantitative estimate of drug-likeness (QED) is 0.421. The topological polar surface area (TPSA) is 55.1 Å². The van der Waals surface area contributed by atoms with Crippen LogP contribution in [0.3, 0.4) is 0 Å². The molecule has 0 aliphatic rings. The number of thioether (sulfide) groups is 1. The van der Waals surface area contributed by atoms with E-state index < -0.39 is 22.9 Å². The van der Waals surface area contributed by atoms with E-state index >= 15 is 0 Å². The highest BCUT2D eigenvalue weighted by atomic mass is 32.2. The van der Waals surface area contributed by atoms with Crippen LogP contribution in [0.5, 0.6) is 0 Å². The summed E-state index contributed by atoms with van der Waals surface area (Å²) in [6.07, 6.45) is -4.47. The summed E-state index contributed by atoms with van der Waals surface area (Å²) in [5, 5.41) is 1.96. The predicted molar refractivity (Wildman–Crippen MR) is 106 cm³/mol. The summed E-state index contributed by atoms with van der Waals surface area (Å²) in [6, 6.07) is 20.7. The van der Waals surface area contributed by atoms with E-state index in [9.17, 15) is 18.0 Å². The van der Waals surface area contributed by atoms with Crippen LogP contribution in [0, 0.1) is 0 Å². The van der Waals surface area contributed by atoms with Gasteiger partial charge in [0, 0.05) is 16.3 Å². The summed E-state index contributed by atoms with van der Waals surface area (Å²) in [6.45, 7) is 0. The van der Waals surface area contributed by atoms with E-state index in [2.05, 4.69) is 5.32 Å². The molecule has 144 valence electrons. The number of benzene rings is 3. The first-order chi connectivity index (χ1) is 13.3. The standard InChI is InChI=1S/C21H17F3N2OS/c22-21(23,24)15-7-4-8-17(13-15)26-20(27)19(14-5-2-1-3-6-14)28-18-11-9-16(25)10-12-18/h1-13,19H,25H2,(H,26,27). The minimum absolute atomic E-state index is 0.0960. The molecule has 3 aromatic carbocycles. The summed E-state index contributed by atoms with van der Waals surface area (Å²) in [5.41, 5.74) is 6.33. The van der Waals surface area contributed by atoms with Crippen molar-refractivity contribution in [1.82, 2.24) is 0 Å². The molecule has 7 heteroatoms. The van der Waals surface area contributed by atoms with Gasteiger partial charge >= 0.3 is 6.18 Å². The molecular formula is C21H17F3N2OS. The number of carbonyl (C=O) groups is 1. The summed E-state index contributed by atoms with van der Waals surface area (Å²) in [5.74, 6) is -0.410. The van der Waals surface area contributed by atoms with Crippen molar-refractivity contribution in [2.75, 3.05) is 11.1 Å². The monoisotopic (exact) mass is 402 g/mol. The van der Waals surface area contributed by atoms with Crippen LogP contribution >= 0.6 is 11.8 Å². The van der Waals surface area contributed by atoms with E-state index in [0.717, 1.165) is 22.6 Å². The zero-order valence-corrected chi connectivity index (χ0v) is 15.4. The van der Waals surface area contributed by atoms with E-state index in [4.69, 9.17) is 5.73 Å². The van der Waals surface area contributed by atoms with Crippen molar-refractivity contribution in [3.8, 4) is 0 Å². The van der Waals surface area contributed by atoms with Gasteiger partial charge in [0.25, 0.3) is 0 Å². The lowest BCUT2D eigenvalue weighted by Gasteiger charge is -2.18. The van der Waals surface area contributed by atoms with E-state index in [0.29, 0.717) is 5.69 Å². The molecule has 0 heterocycles. The molecule has 28 heavy (non-hydrogen) atoms. The van der Waals surface area contributed by atoms with Gasteiger partial charge in [-0.1, -0.05) is 36.4 Å². The van der Waals surface area contributed by atoms with E-state index in [1.54, 1.807) is 36.4 Å². The molecule has 0 aromatic heterocycles. The highest BCUT2D eigenvalue weighted by Gasteiger charge is 2.31. The second-order valence-corrected chi connectivity index (χ2v) is 7.22. The van der Waals surface area contributed by atoms with Crippen LogP contribution in [-0.2, 0) is 11.0 Å². The SMILES string of the molecule is Nc1ccc(SC(C(=O)Nc2cccc(C(F)(F)F)c2)c2ccccc2)cc1. The van der Waals surface area contributed by atoms with Crippen molar-refractivity contribution < 1.29 is 18.0 Å². The van der Waals surface area contributed by atoms with Crippen molar-refractivity contribution in [3.63, 3.8) is 0 Å². The van der Waals surface area contributed by atoms with Crippen LogP contribution in [0.4, 0.5) is 24.5 Å². The fourth-order valence-electron chi connectivity index (χ4n) is 2.56. The molecule has 0 bridgehead atoms. The van der Waals surface area contributed by atoms with Gasteiger partial charge < -0.3 is 11.1 Å². The number of anilines is 2. The molecule has 0 spiro atoms. The highest BCUT2D eigenvalue weighted by molar-refractivity contribution is 8.00. The van der Waals surface area contributed by atoms with Gasteiger partial charge in [-0.25, -0.2) is 0 Å². The Morgan fingerprint density at radius 3 is 2.25 bits per heavy atom. The maximum atomic E-state index is 12.9. The van der Waals surface area contributed by atoms with E-state index in [-0.39, 0.29) is 5.69 Å². The Hall–Kier alpha value is -2.93. The van der Waals surface area contributed by atoms with E-state index in [1.165, 1.54) is 23.9 Å². The number of hydrogen-bond acceptors (Lipinski definition) is 3. The lowest BCUT2D eigenvalue weighted by atomic mass is 10.1. The molecule has 1 atom stereocenters. The molecule has 0 radical (unpaired) electrons. The van der Waals surface area contributed by atoms with Crippen LogP contribution in [0.2, 0.25) is 0 Å². The average Bonchev–Trinajstić information content (AvgIpc) is 2.67. The number of carbonyl (C=O) groups excluding carboxylic acids is 1. The van der Waals surface area contributed by atoms with Gasteiger partial charge in [-0.2, -0.15) is 13.2 Å². The molecule has 3 aromatic rings. The molecule has 0 aliphatic heterocycles. The number of halogens is 3. The van der Waals surface area contributed by atoms with Crippen LogP contribution in [0.15, 0.2) is 83.8 Å². The molecule has 3 rings (SSSR count). The normalized spacial score (nSPS) is 12.4. The number of hydrogen-bond donors (Lipinski definition) is 2. The minimum Gasteiger partial charge on any atom is -0.399 e. The first kappa shape index (κ1) is 19.8. The molecule has 3 nitrogen and oxygen atoms in total. The summed E-state index contributed by atoms with van der Waals surface area (Å²) >= 11 is 1.30. The molecule has 0 aliphatic carbocycles. The van der Waals surface area contributed by atoms with Crippen LogP contribution in [0.1, 0.15) is 16.4 Å². The molecule has 1 amide bonds. The number of amides is 1. The molecule has 0 saturated carbocycles. The number of nitrogens with two attached hydrogens (primary N) is 1. The first-order valence-electron chi connectivity index (χ1n) is 8.38. The third-order valence-electron chi connectivity index (χ3n) is 3.93. The molecule has 1 unspecified atom stereocenters. The first-order valence-corrected chi connectivity index (χ1v) is 9.26. The highest BCUT2D eigenvalue weighted by Crippen LogP contribution is 2.37. The van der Waals surface area contributed by atoms with Gasteiger partial charge in [0.2, 0.25) is 5.91 Å². The average molecular weight is 402 g/mol. The number of nitrogen functional groups attached to an aromatic ring is 1. The van der Waals surface area contributed by atoms with Crippen molar-refractivity contribution in [1.29, 1.82) is 0 Å². The second-order valence-electron chi connectivity index (χ2n) is 6.05. The summed E-state index contributed by atoms with van der Waals surface area (Å²) in [7, 11) is 0. The van der Waals surface area contributed by atoms with Gasteiger partial charge in [0.15, 0.2) is 0 Å². The van der Waals surface area contributed by atoms with Crippen LogP contribution in [0.25, 0.3) is 0 Å². The molecular weight excluding hydrogens is 385 g/mol. The van der Waals surface area contributed by atoms with Gasteiger partial charge in [0.1, 0.15) is 5.25 Å².